The first kappa shape index (κ1) is 10.4. The molecule has 1 atom stereocenters. The first-order chi connectivity index (χ1) is 7.08. The number of hydrogen-bond acceptors (Lipinski definition) is 2. The molecule has 1 aromatic rings. The predicted octanol–water partition coefficient (Wildman–Crippen LogP) is 1.91. The van der Waals surface area contributed by atoms with E-state index in [0.29, 0.717) is 24.3 Å². The van der Waals surface area contributed by atoms with Crippen LogP contribution in [-0.2, 0) is 4.79 Å². The number of carbonyl (C=O) groups is 1. The van der Waals surface area contributed by atoms with Gasteiger partial charge in [-0.3, -0.25) is 4.79 Å². The molecule has 0 saturated carbocycles. The Kier molecular flexibility index (Phi) is 2.65. The lowest BCUT2D eigenvalue weighted by molar-refractivity contribution is -0.117. The van der Waals surface area contributed by atoms with E-state index in [4.69, 9.17) is 5.73 Å². The summed E-state index contributed by atoms with van der Waals surface area (Å²) in [5.41, 5.74) is 6.54. The smallest absolute Gasteiger partial charge is 0.228 e. The number of halogens is 2. The Labute approximate surface area is 95.2 Å². The molecule has 0 aliphatic carbocycles. The fourth-order valence-corrected chi connectivity index (χ4v) is 2.23. The molecule has 1 saturated heterocycles. The Morgan fingerprint density at radius 1 is 1.53 bits per heavy atom. The molecule has 2 N–H and O–H groups in total. The third-order valence-corrected chi connectivity index (χ3v) is 2.97. The Bertz CT molecular complexity index is 410. The van der Waals surface area contributed by atoms with E-state index in [1.807, 2.05) is 0 Å². The van der Waals surface area contributed by atoms with Crippen molar-refractivity contribution in [1.29, 1.82) is 0 Å². The van der Waals surface area contributed by atoms with Crippen LogP contribution in [0.5, 0.6) is 0 Å². The van der Waals surface area contributed by atoms with Gasteiger partial charge in [-0.2, -0.15) is 0 Å². The van der Waals surface area contributed by atoms with Gasteiger partial charge < -0.3 is 10.6 Å². The molecule has 1 aromatic carbocycles. The lowest BCUT2D eigenvalue weighted by Crippen LogP contribution is -2.25. The highest BCUT2D eigenvalue weighted by atomic mass is 79.9. The van der Waals surface area contributed by atoms with Gasteiger partial charge in [-0.05, 0) is 18.2 Å². The number of nitrogens with zero attached hydrogens (tertiary/aromatic N) is 1. The van der Waals surface area contributed by atoms with Crippen molar-refractivity contribution in [1.82, 2.24) is 0 Å². The molecule has 3 nitrogen and oxygen atoms in total. The van der Waals surface area contributed by atoms with Gasteiger partial charge in [0.2, 0.25) is 5.91 Å². The van der Waals surface area contributed by atoms with Crippen LogP contribution in [0, 0.1) is 5.82 Å². The Morgan fingerprint density at radius 2 is 2.27 bits per heavy atom. The molecule has 1 amide bonds. The van der Waals surface area contributed by atoms with Gasteiger partial charge in [-0.1, -0.05) is 15.9 Å². The number of hydrogen-bond donors (Lipinski definition) is 1. The number of benzene rings is 1. The molecule has 15 heavy (non-hydrogen) atoms. The minimum atomic E-state index is -0.390. The van der Waals surface area contributed by atoms with E-state index >= 15 is 0 Å². The Morgan fingerprint density at radius 3 is 2.80 bits per heavy atom. The fraction of sp³-hybridized carbons (Fsp3) is 0.300. The second kappa shape index (κ2) is 3.81. The van der Waals surface area contributed by atoms with Gasteiger partial charge in [0.25, 0.3) is 0 Å². The van der Waals surface area contributed by atoms with Crippen LogP contribution in [0.25, 0.3) is 0 Å². The summed E-state index contributed by atoms with van der Waals surface area (Å²) in [6.07, 6.45) is 0.455. The van der Waals surface area contributed by atoms with Gasteiger partial charge in [0, 0.05) is 17.8 Å². The summed E-state index contributed by atoms with van der Waals surface area (Å²) in [6.45, 7) is 0.578. The van der Waals surface area contributed by atoms with Gasteiger partial charge in [-0.15, -0.1) is 0 Å². The molecule has 80 valence electrons. The van der Waals surface area contributed by atoms with Crippen LogP contribution in [-0.4, -0.2) is 17.3 Å². The second-order valence-corrected chi connectivity index (χ2v) is 4.80. The minimum absolute atomic E-state index is 0.00943. The van der Waals surface area contributed by atoms with E-state index in [-0.39, 0.29) is 10.7 Å². The average molecular weight is 273 g/mol. The third kappa shape index (κ3) is 1.97. The van der Waals surface area contributed by atoms with Gasteiger partial charge in [0.1, 0.15) is 5.82 Å². The number of nitrogens with two attached hydrogens (primary N) is 1. The van der Waals surface area contributed by atoms with Crippen molar-refractivity contribution >= 4 is 33.2 Å². The zero-order valence-corrected chi connectivity index (χ0v) is 9.50. The van der Waals surface area contributed by atoms with E-state index < -0.39 is 5.82 Å². The monoisotopic (exact) mass is 272 g/mol. The molecule has 0 spiro atoms. The Hall–Kier alpha value is -1.10. The number of nitrogen functional groups attached to an aromatic ring is 1. The largest absolute Gasteiger partial charge is 0.397 e. The van der Waals surface area contributed by atoms with Crippen LogP contribution in [0.4, 0.5) is 15.8 Å². The molecule has 1 heterocycles. The predicted molar refractivity (Wildman–Crippen MR) is 60.5 cm³/mol. The molecule has 1 aliphatic rings. The van der Waals surface area contributed by atoms with Crippen LogP contribution in [0.15, 0.2) is 18.2 Å². The van der Waals surface area contributed by atoms with E-state index in [0.717, 1.165) is 0 Å². The van der Waals surface area contributed by atoms with Crippen LogP contribution in [0.3, 0.4) is 0 Å². The highest BCUT2D eigenvalue weighted by Gasteiger charge is 2.29. The second-order valence-electron chi connectivity index (χ2n) is 3.51. The third-order valence-electron chi connectivity index (χ3n) is 2.36. The minimum Gasteiger partial charge on any atom is -0.397 e. The van der Waals surface area contributed by atoms with Crippen LogP contribution >= 0.6 is 15.9 Å². The van der Waals surface area contributed by atoms with Crippen molar-refractivity contribution in [3.63, 3.8) is 0 Å². The summed E-state index contributed by atoms with van der Waals surface area (Å²) >= 11 is 3.38. The highest BCUT2D eigenvalue weighted by molar-refractivity contribution is 9.09. The SMILES string of the molecule is Nc1cc(F)ccc1N1CC(Br)CC1=O. The van der Waals surface area contributed by atoms with Crippen LogP contribution < -0.4 is 10.6 Å². The topological polar surface area (TPSA) is 46.3 Å². The molecule has 0 aromatic heterocycles. The molecular formula is C10H10BrFN2O. The van der Waals surface area contributed by atoms with Crippen LogP contribution in [0.2, 0.25) is 0 Å². The van der Waals surface area contributed by atoms with Crippen molar-refractivity contribution < 1.29 is 9.18 Å². The first-order valence-electron chi connectivity index (χ1n) is 4.57. The molecule has 1 fully saturated rings. The lowest BCUT2D eigenvalue weighted by atomic mass is 10.2. The van der Waals surface area contributed by atoms with Crippen molar-refractivity contribution in [2.75, 3.05) is 17.2 Å². The molecule has 0 bridgehead atoms. The van der Waals surface area contributed by atoms with Gasteiger partial charge >= 0.3 is 0 Å². The maximum Gasteiger partial charge on any atom is 0.228 e. The highest BCUT2D eigenvalue weighted by Crippen LogP contribution is 2.29. The molecule has 0 radical (unpaired) electrons. The molecule has 1 unspecified atom stereocenters. The van der Waals surface area contributed by atoms with Crippen molar-refractivity contribution in [3.05, 3.63) is 24.0 Å². The molecule has 1 aliphatic heterocycles. The summed E-state index contributed by atoms with van der Waals surface area (Å²) in [6, 6.07) is 4.07. The lowest BCUT2D eigenvalue weighted by Gasteiger charge is -2.17. The van der Waals surface area contributed by atoms with Crippen molar-refractivity contribution in [2.24, 2.45) is 0 Å². The first-order valence-corrected chi connectivity index (χ1v) is 5.49. The van der Waals surface area contributed by atoms with Crippen LogP contribution in [0.1, 0.15) is 6.42 Å². The standard InChI is InChI=1S/C10H10BrFN2O/c11-6-3-10(15)14(5-6)9-2-1-7(12)4-8(9)13/h1-2,4,6H,3,5,13H2. The van der Waals surface area contributed by atoms with Crippen molar-refractivity contribution in [2.45, 2.75) is 11.2 Å². The van der Waals surface area contributed by atoms with E-state index in [2.05, 4.69) is 15.9 Å². The fourth-order valence-electron chi connectivity index (χ4n) is 1.67. The van der Waals surface area contributed by atoms with Gasteiger partial charge in [-0.25, -0.2) is 4.39 Å². The molecule has 5 heteroatoms. The molecular weight excluding hydrogens is 263 g/mol. The summed E-state index contributed by atoms with van der Waals surface area (Å²) in [4.78, 5) is 13.3. The molecule has 2 rings (SSSR count). The zero-order valence-electron chi connectivity index (χ0n) is 7.91. The number of rotatable bonds is 1. The number of amides is 1. The van der Waals surface area contributed by atoms with E-state index in [9.17, 15) is 9.18 Å². The summed E-state index contributed by atoms with van der Waals surface area (Å²) in [7, 11) is 0. The quantitative estimate of drug-likeness (QED) is 0.627. The van der Waals surface area contributed by atoms with E-state index in [1.165, 1.54) is 18.2 Å². The average Bonchev–Trinajstić information content (AvgIpc) is 2.45. The van der Waals surface area contributed by atoms with E-state index in [1.54, 1.807) is 4.90 Å². The van der Waals surface area contributed by atoms with Crippen molar-refractivity contribution in [3.8, 4) is 0 Å². The summed E-state index contributed by atoms with van der Waals surface area (Å²) in [5, 5.41) is 0. The maximum absolute atomic E-state index is 12.8. The number of carbonyl (C=O) groups excluding carboxylic acids is 1. The summed E-state index contributed by atoms with van der Waals surface area (Å²) in [5.74, 6) is -0.381. The Balaban J connectivity index is 2.34. The van der Waals surface area contributed by atoms with Gasteiger partial charge in [0.15, 0.2) is 0 Å². The number of anilines is 2. The van der Waals surface area contributed by atoms with Gasteiger partial charge in [0.05, 0.1) is 11.4 Å². The number of alkyl halides is 1. The zero-order chi connectivity index (χ0) is 11.0. The maximum atomic E-state index is 12.8. The normalized spacial score (nSPS) is 21.1. The summed E-state index contributed by atoms with van der Waals surface area (Å²) < 4.78 is 12.8.